The average Bonchev–Trinajstić information content (AvgIpc) is 3.03. The lowest BCUT2D eigenvalue weighted by Crippen LogP contribution is -2.45. The predicted molar refractivity (Wildman–Crippen MR) is 104 cm³/mol. The molecular formula is C21H22FN3O3. The number of H-pyrrole nitrogens is 1. The molecule has 0 amide bonds. The summed E-state index contributed by atoms with van der Waals surface area (Å²) in [5, 5.41) is 0. The normalized spacial score (nSPS) is 20.5. The summed E-state index contributed by atoms with van der Waals surface area (Å²) in [4.78, 5) is 17.5. The Balaban J connectivity index is 1.24. The molecule has 1 saturated heterocycles. The monoisotopic (exact) mass is 383 g/mol. The molecule has 0 aliphatic carbocycles. The van der Waals surface area contributed by atoms with E-state index < -0.39 is 0 Å². The van der Waals surface area contributed by atoms with Crippen molar-refractivity contribution in [3.05, 3.63) is 58.8 Å². The standard InChI is InChI=1S/C21H22FN3O3/c22-14-5-6-18-17(11-14)23-21(26)25(18)15-7-9-24(10-8-15)12-16-13-27-19-3-1-2-4-20(19)28-16/h1-6,11,15-16H,7-10,12-13H2,(H,23,26). The van der Waals surface area contributed by atoms with Crippen LogP contribution in [-0.4, -0.2) is 46.8 Å². The lowest BCUT2D eigenvalue weighted by atomic mass is 10.0. The van der Waals surface area contributed by atoms with Crippen LogP contribution in [0.25, 0.3) is 11.0 Å². The van der Waals surface area contributed by atoms with Gasteiger partial charge in [0.05, 0.1) is 11.0 Å². The molecule has 28 heavy (non-hydrogen) atoms. The smallest absolute Gasteiger partial charge is 0.326 e. The first-order valence-electron chi connectivity index (χ1n) is 9.68. The number of hydrogen-bond donors (Lipinski definition) is 1. The first-order chi connectivity index (χ1) is 13.7. The molecule has 2 aliphatic heterocycles. The fourth-order valence-electron chi connectivity index (χ4n) is 4.27. The molecule has 0 spiro atoms. The third-order valence-electron chi connectivity index (χ3n) is 5.63. The highest BCUT2D eigenvalue weighted by Gasteiger charge is 2.28. The first kappa shape index (κ1) is 17.3. The van der Waals surface area contributed by atoms with Crippen molar-refractivity contribution in [1.82, 2.24) is 14.5 Å². The van der Waals surface area contributed by atoms with Gasteiger partial charge in [0.2, 0.25) is 0 Å². The lowest BCUT2D eigenvalue weighted by Gasteiger charge is -2.36. The lowest BCUT2D eigenvalue weighted by molar-refractivity contribution is 0.0485. The molecule has 0 radical (unpaired) electrons. The van der Waals surface area contributed by atoms with Gasteiger partial charge in [-0.2, -0.15) is 0 Å². The van der Waals surface area contributed by atoms with E-state index in [1.807, 2.05) is 24.3 Å². The average molecular weight is 383 g/mol. The van der Waals surface area contributed by atoms with E-state index >= 15 is 0 Å². The van der Waals surface area contributed by atoms with Crippen LogP contribution in [0.15, 0.2) is 47.3 Å². The maximum atomic E-state index is 13.4. The number of rotatable bonds is 3. The minimum Gasteiger partial charge on any atom is -0.486 e. The molecule has 2 aliphatic rings. The Morgan fingerprint density at radius 2 is 1.89 bits per heavy atom. The molecule has 1 fully saturated rings. The van der Waals surface area contributed by atoms with Crippen LogP contribution >= 0.6 is 0 Å². The van der Waals surface area contributed by atoms with Crippen molar-refractivity contribution < 1.29 is 13.9 Å². The van der Waals surface area contributed by atoms with Gasteiger partial charge in [-0.3, -0.25) is 9.47 Å². The first-order valence-corrected chi connectivity index (χ1v) is 9.68. The number of likely N-dealkylation sites (tertiary alicyclic amines) is 1. The summed E-state index contributed by atoms with van der Waals surface area (Å²) in [6, 6.07) is 12.3. The van der Waals surface area contributed by atoms with Gasteiger partial charge >= 0.3 is 5.69 Å². The van der Waals surface area contributed by atoms with Crippen molar-refractivity contribution in [3.63, 3.8) is 0 Å². The second kappa shape index (κ2) is 6.98. The van der Waals surface area contributed by atoms with Crippen molar-refractivity contribution in [2.45, 2.75) is 25.0 Å². The molecular weight excluding hydrogens is 361 g/mol. The second-order valence-electron chi connectivity index (χ2n) is 7.49. The van der Waals surface area contributed by atoms with Gasteiger partial charge < -0.3 is 14.5 Å². The zero-order valence-corrected chi connectivity index (χ0v) is 15.4. The zero-order chi connectivity index (χ0) is 19.1. The maximum absolute atomic E-state index is 13.4. The van der Waals surface area contributed by atoms with Crippen LogP contribution < -0.4 is 15.2 Å². The molecule has 3 heterocycles. The molecule has 2 aromatic carbocycles. The van der Waals surface area contributed by atoms with Gasteiger partial charge in [0.25, 0.3) is 0 Å². The van der Waals surface area contributed by atoms with Gasteiger partial charge in [-0.05, 0) is 43.2 Å². The quantitative estimate of drug-likeness (QED) is 0.756. The van der Waals surface area contributed by atoms with E-state index in [1.165, 1.54) is 12.1 Å². The third-order valence-corrected chi connectivity index (χ3v) is 5.63. The van der Waals surface area contributed by atoms with Gasteiger partial charge in [0, 0.05) is 25.7 Å². The molecule has 6 nitrogen and oxygen atoms in total. The maximum Gasteiger partial charge on any atom is 0.326 e. The van der Waals surface area contributed by atoms with Crippen molar-refractivity contribution in [2.24, 2.45) is 0 Å². The number of para-hydroxylation sites is 2. The van der Waals surface area contributed by atoms with E-state index in [2.05, 4.69) is 9.88 Å². The van der Waals surface area contributed by atoms with Crippen LogP contribution in [-0.2, 0) is 0 Å². The van der Waals surface area contributed by atoms with E-state index in [-0.39, 0.29) is 23.7 Å². The Labute approximate surface area is 161 Å². The number of aromatic nitrogens is 2. The minimum absolute atomic E-state index is 0.00485. The molecule has 0 saturated carbocycles. The number of halogens is 1. The van der Waals surface area contributed by atoms with E-state index in [4.69, 9.17) is 9.47 Å². The van der Waals surface area contributed by atoms with E-state index in [9.17, 15) is 9.18 Å². The fourth-order valence-corrected chi connectivity index (χ4v) is 4.27. The van der Waals surface area contributed by atoms with Gasteiger partial charge in [-0.15, -0.1) is 0 Å². The highest BCUT2D eigenvalue weighted by molar-refractivity contribution is 5.75. The van der Waals surface area contributed by atoms with Gasteiger partial charge in [-0.25, -0.2) is 9.18 Å². The highest BCUT2D eigenvalue weighted by atomic mass is 19.1. The second-order valence-corrected chi connectivity index (χ2v) is 7.49. The molecule has 3 aromatic rings. The molecule has 5 rings (SSSR count). The number of hydrogen-bond acceptors (Lipinski definition) is 4. The van der Waals surface area contributed by atoms with Gasteiger partial charge in [-0.1, -0.05) is 12.1 Å². The van der Waals surface area contributed by atoms with E-state index in [0.717, 1.165) is 49.5 Å². The molecule has 1 atom stereocenters. The van der Waals surface area contributed by atoms with Gasteiger partial charge in [0.15, 0.2) is 11.5 Å². The van der Waals surface area contributed by atoms with Crippen LogP contribution in [0.2, 0.25) is 0 Å². The van der Waals surface area contributed by atoms with Crippen LogP contribution in [0.3, 0.4) is 0 Å². The molecule has 0 bridgehead atoms. The van der Waals surface area contributed by atoms with Crippen molar-refractivity contribution >= 4 is 11.0 Å². The van der Waals surface area contributed by atoms with Gasteiger partial charge in [0.1, 0.15) is 18.5 Å². The summed E-state index contributed by atoms with van der Waals surface area (Å²) >= 11 is 0. The fraction of sp³-hybridized carbons (Fsp3) is 0.381. The Morgan fingerprint density at radius 1 is 1.11 bits per heavy atom. The number of nitrogens with zero attached hydrogens (tertiary/aromatic N) is 2. The summed E-state index contributed by atoms with van der Waals surface area (Å²) < 4.78 is 27.1. The Kier molecular flexibility index (Phi) is 4.31. The van der Waals surface area contributed by atoms with Crippen LogP contribution in [0.1, 0.15) is 18.9 Å². The number of piperidine rings is 1. The molecule has 1 unspecified atom stereocenters. The molecule has 1 N–H and O–H groups in total. The summed E-state index contributed by atoms with van der Waals surface area (Å²) in [6.45, 7) is 3.11. The molecule has 7 heteroatoms. The zero-order valence-electron chi connectivity index (χ0n) is 15.4. The summed E-state index contributed by atoms with van der Waals surface area (Å²) in [6.07, 6.45) is 1.74. The molecule has 146 valence electrons. The Bertz CT molecular complexity index is 1050. The highest BCUT2D eigenvalue weighted by Crippen LogP contribution is 2.32. The summed E-state index contributed by atoms with van der Waals surface area (Å²) in [7, 11) is 0. The summed E-state index contributed by atoms with van der Waals surface area (Å²) in [5.74, 6) is 1.26. The topological polar surface area (TPSA) is 59.5 Å². The number of benzene rings is 2. The Hall–Kier alpha value is -2.80. The van der Waals surface area contributed by atoms with E-state index in [0.29, 0.717) is 12.1 Å². The number of imidazole rings is 1. The number of nitrogens with one attached hydrogen (secondary N) is 1. The number of fused-ring (bicyclic) bond motifs is 2. The van der Waals surface area contributed by atoms with Crippen LogP contribution in [0.4, 0.5) is 4.39 Å². The predicted octanol–water partition coefficient (Wildman–Crippen LogP) is 2.95. The van der Waals surface area contributed by atoms with Crippen molar-refractivity contribution in [3.8, 4) is 11.5 Å². The summed E-state index contributed by atoms with van der Waals surface area (Å²) in [5.41, 5.74) is 1.16. The largest absolute Gasteiger partial charge is 0.486 e. The van der Waals surface area contributed by atoms with Crippen LogP contribution in [0.5, 0.6) is 11.5 Å². The van der Waals surface area contributed by atoms with E-state index in [1.54, 1.807) is 10.6 Å². The number of ether oxygens (including phenoxy) is 2. The third kappa shape index (κ3) is 3.16. The molecule has 1 aromatic heterocycles. The minimum atomic E-state index is -0.341. The SMILES string of the molecule is O=c1[nH]c2cc(F)ccc2n1C1CCN(CC2COc3ccccc3O2)CC1. The van der Waals surface area contributed by atoms with Crippen LogP contribution in [0, 0.1) is 5.82 Å². The van der Waals surface area contributed by atoms with Crippen molar-refractivity contribution in [1.29, 1.82) is 0 Å². The van der Waals surface area contributed by atoms with Crippen molar-refractivity contribution in [2.75, 3.05) is 26.2 Å². The number of aromatic amines is 1. The Morgan fingerprint density at radius 3 is 2.71 bits per heavy atom.